The third-order valence-corrected chi connectivity index (χ3v) is 4.25. The minimum absolute atomic E-state index is 0.0524. The van der Waals surface area contributed by atoms with E-state index in [-0.39, 0.29) is 24.4 Å². The van der Waals surface area contributed by atoms with Crippen molar-refractivity contribution in [3.05, 3.63) is 34.3 Å². The van der Waals surface area contributed by atoms with Crippen LogP contribution in [0, 0.1) is 0 Å². The number of rotatable bonds is 7. The number of hydrogen-bond acceptors (Lipinski definition) is 4. The standard InChI is InChI=1S/C17H22BrNO4/c1-2-22-16(20)9-10-19(12-15-4-3-11-23-15)17(21)13-5-7-14(18)8-6-13/h5-8,15H,2-4,9-12H2,1H3. The Bertz CT molecular complexity index is 526. The minimum atomic E-state index is -0.284. The molecule has 1 atom stereocenters. The molecule has 1 heterocycles. The van der Waals surface area contributed by atoms with Gasteiger partial charge in [-0.2, -0.15) is 0 Å². The van der Waals surface area contributed by atoms with Crippen molar-refractivity contribution in [2.24, 2.45) is 0 Å². The van der Waals surface area contributed by atoms with Crippen LogP contribution in [0.3, 0.4) is 0 Å². The molecule has 5 nitrogen and oxygen atoms in total. The Morgan fingerprint density at radius 3 is 2.70 bits per heavy atom. The zero-order valence-electron chi connectivity index (χ0n) is 13.3. The molecule has 0 spiro atoms. The first-order valence-corrected chi connectivity index (χ1v) is 8.71. The van der Waals surface area contributed by atoms with Gasteiger partial charge in [0.1, 0.15) is 0 Å². The maximum atomic E-state index is 12.7. The van der Waals surface area contributed by atoms with Crippen molar-refractivity contribution in [1.29, 1.82) is 0 Å². The molecule has 1 aliphatic heterocycles. The van der Waals surface area contributed by atoms with Crippen LogP contribution in [0.15, 0.2) is 28.7 Å². The molecule has 0 N–H and O–H groups in total. The summed E-state index contributed by atoms with van der Waals surface area (Å²) in [6.45, 7) is 3.71. The van der Waals surface area contributed by atoms with E-state index in [1.54, 1.807) is 24.0 Å². The van der Waals surface area contributed by atoms with Crippen molar-refractivity contribution in [2.75, 3.05) is 26.3 Å². The lowest BCUT2D eigenvalue weighted by atomic mass is 10.1. The van der Waals surface area contributed by atoms with Crippen molar-refractivity contribution >= 4 is 27.8 Å². The van der Waals surface area contributed by atoms with Gasteiger partial charge in [0.05, 0.1) is 19.1 Å². The highest BCUT2D eigenvalue weighted by atomic mass is 79.9. The van der Waals surface area contributed by atoms with E-state index in [4.69, 9.17) is 9.47 Å². The quantitative estimate of drug-likeness (QED) is 0.679. The second-order valence-corrected chi connectivity index (χ2v) is 6.36. The number of esters is 1. The molecule has 1 saturated heterocycles. The van der Waals surface area contributed by atoms with Crippen LogP contribution in [-0.4, -0.2) is 49.2 Å². The summed E-state index contributed by atoms with van der Waals surface area (Å²) in [5, 5.41) is 0. The van der Waals surface area contributed by atoms with Gasteiger partial charge in [-0.3, -0.25) is 9.59 Å². The lowest BCUT2D eigenvalue weighted by molar-refractivity contribution is -0.143. The summed E-state index contributed by atoms with van der Waals surface area (Å²) in [6, 6.07) is 7.23. The van der Waals surface area contributed by atoms with Crippen LogP contribution in [0.5, 0.6) is 0 Å². The van der Waals surface area contributed by atoms with Crippen LogP contribution in [0.1, 0.15) is 36.5 Å². The van der Waals surface area contributed by atoms with Gasteiger partial charge in [-0.15, -0.1) is 0 Å². The van der Waals surface area contributed by atoms with Crippen LogP contribution in [0.2, 0.25) is 0 Å². The molecule has 0 saturated carbocycles. The zero-order valence-corrected chi connectivity index (χ0v) is 14.9. The molecule has 1 aliphatic rings. The smallest absolute Gasteiger partial charge is 0.307 e. The first kappa shape index (κ1) is 17.9. The number of carbonyl (C=O) groups is 2. The van der Waals surface area contributed by atoms with Gasteiger partial charge in [-0.1, -0.05) is 15.9 Å². The molecule has 1 fully saturated rings. The average molecular weight is 384 g/mol. The summed E-state index contributed by atoms with van der Waals surface area (Å²) < 4.78 is 11.5. The van der Waals surface area contributed by atoms with Gasteiger partial charge in [-0.05, 0) is 44.0 Å². The van der Waals surface area contributed by atoms with E-state index in [9.17, 15) is 9.59 Å². The van der Waals surface area contributed by atoms with Crippen molar-refractivity contribution in [1.82, 2.24) is 4.90 Å². The molecule has 1 unspecified atom stereocenters. The van der Waals surface area contributed by atoms with Crippen molar-refractivity contribution < 1.29 is 19.1 Å². The van der Waals surface area contributed by atoms with E-state index in [1.807, 2.05) is 12.1 Å². The molecule has 0 aromatic heterocycles. The summed E-state index contributed by atoms with van der Waals surface area (Å²) in [4.78, 5) is 26.0. The molecule has 2 rings (SSSR count). The number of carbonyl (C=O) groups excluding carboxylic acids is 2. The number of benzene rings is 1. The molecule has 126 valence electrons. The molecule has 1 aromatic carbocycles. The fraction of sp³-hybridized carbons (Fsp3) is 0.529. The summed E-state index contributed by atoms with van der Waals surface area (Å²) in [6.07, 6.45) is 2.21. The fourth-order valence-electron chi connectivity index (χ4n) is 2.54. The summed E-state index contributed by atoms with van der Waals surface area (Å²) in [5.74, 6) is -0.370. The van der Waals surface area contributed by atoms with Crippen LogP contribution >= 0.6 is 15.9 Å². The van der Waals surface area contributed by atoms with Crippen molar-refractivity contribution in [2.45, 2.75) is 32.3 Å². The molecule has 0 radical (unpaired) electrons. The van der Waals surface area contributed by atoms with Gasteiger partial charge >= 0.3 is 5.97 Å². The zero-order chi connectivity index (χ0) is 16.7. The third kappa shape index (κ3) is 5.62. The lowest BCUT2D eigenvalue weighted by Gasteiger charge is -2.25. The third-order valence-electron chi connectivity index (χ3n) is 3.72. The average Bonchev–Trinajstić information content (AvgIpc) is 3.05. The van der Waals surface area contributed by atoms with Gasteiger partial charge in [-0.25, -0.2) is 0 Å². The number of amides is 1. The molecular formula is C17H22BrNO4. The highest BCUT2D eigenvalue weighted by Gasteiger charge is 2.24. The lowest BCUT2D eigenvalue weighted by Crippen LogP contribution is -2.39. The Kier molecular flexibility index (Phi) is 7.05. The first-order chi connectivity index (χ1) is 11.1. The normalized spacial score (nSPS) is 17.0. The highest BCUT2D eigenvalue weighted by Crippen LogP contribution is 2.17. The predicted octanol–water partition coefficient (Wildman–Crippen LogP) is 3.02. The van der Waals surface area contributed by atoms with Gasteiger partial charge < -0.3 is 14.4 Å². The molecule has 0 aliphatic carbocycles. The molecule has 6 heteroatoms. The van der Waals surface area contributed by atoms with Crippen LogP contribution in [-0.2, 0) is 14.3 Å². The van der Waals surface area contributed by atoms with Crippen LogP contribution in [0.4, 0.5) is 0 Å². The Balaban J connectivity index is 2.02. The monoisotopic (exact) mass is 383 g/mol. The summed E-state index contributed by atoms with van der Waals surface area (Å²) >= 11 is 3.36. The second kappa shape index (κ2) is 9.03. The van der Waals surface area contributed by atoms with Gasteiger partial charge in [0.25, 0.3) is 5.91 Å². The van der Waals surface area contributed by atoms with E-state index in [0.29, 0.717) is 25.3 Å². The van der Waals surface area contributed by atoms with E-state index in [2.05, 4.69) is 15.9 Å². The largest absolute Gasteiger partial charge is 0.466 e. The number of nitrogens with zero attached hydrogens (tertiary/aromatic N) is 1. The summed E-state index contributed by atoms with van der Waals surface area (Å²) in [7, 11) is 0. The molecule has 23 heavy (non-hydrogen) atoms. The second-order valence-electron chi connectivity index (χ2n) is 5.45. The maximum absolute atomic E-state index is 12.7. The van der Waals surface area contributed by atoms with Gasteiger partial charge in [0.2, 0.25) is 0 Å². The number of ether oxygens (including phenoxy) is 2. The van der Waals surface area contributed by atoms with Crippen molar-refractivity contribution in [3.8, 4) is 0 Å². The maximum Gasteiger partial charge on any atom is 0.307 e. The van der Waals surface area contributed by atoms with Crippen LogP contribution < -0.4 is 0 Å². The van der Waals surface area contributed by atoms with E-state index in [0.717, 1.165) is 23.9 Å². The Morgan fingerprint density at radius 1 is 1.35 bits per heavy atom. The fourth-order valence-corrected chi connectivity index (χ4v) is 2.81. The molecule has 1 amide bonds. The van der Waals surface area contributed by atoms with E-state index in [1.165, 1.54) is 0 Å². The number of hydrogen-bond donors (Lipinski definition) is 0. The van der Waals surface area contributed by atoms with E-state index >= 15 is 0 Å². The summed E-state index contributed by atoms with van der Waals surface area (Å²) in [5.41, 5.74) is 0.607. The molecular weight excluding hydrogens is 362 g/mol. The first-order valence-electron chi connectivity index (χ1n) is 7.92. The van der Waals surface area contributed by atoms with Crippen molar-refractivity contribution in [3.63, 3.8) is 0 Å². The highest BCUT2D eigenvalue weighted by molar-refractivity contribution is 9.10. The SMILES string of the molecule is CCOC(=O)CCN(CC1CCCO1)C(=O)c1ccc(Br)cc1. The van der Waals surface area contributed by atoms with Crippen LogP contribution in [0.25, 0.3) is 0 Å². The number of halogens is 1. The molecule has 0 bridgehead atoms. The Labute approximate surface area is 145 Å². The topological polar surface area (TPSA) is 55.8 Å². The Morgan fingerprint density at radius 2 is 2.09 bits per heavy atom. The predicted molar refractivity (Wildman–Crippen MR) is 90.3 cm³/mol. The van der Waals surface area contributed by atoms with Gasteiger partial charge in [0.15, 0.2) is 0 Å². The molecule has 1 aromatic rings. The van der Waals surface area contributed by atoms with E-state index < -0.39 is 0 Å². The van der Waals surface area contributed by atoms with Gasteiger partial charge in [0, 0.05) is 29.7 Å². The Hall–Kier alpha value is -1.40. The minimum Gasteiger partial charge on any atom is -0.466 e.